The molecule has 1 N–H and O–H groups in total. The molecule has 0 bridgehead atoms. The van der Waals surface area contributed by atoms with Crippen molar-refractivity contribution < 1.29 is 18.0 Å². The van der Waals surface area contributed by atoms with Gasteiger partial charge in [-0.05, 0) is 18.4 Å². The van der Waals surface area contributed by atoms with Crippen LogP contribution in [-0.2, 0) is 4.79 Å². The van der Waals surface area contributed by atoms with E-state index in [0.717, 1.165) is 0 Å². The smallest absolute Gasteiger partial charge is 0.317 e. The van der Waals surface area contributed by atoms with Crippen molar-refractivity contribution in [2.24, 2.45) is 0 Å². The Hall–Kier alpha value is -1.17. The van der Waals surface area contributed by atoms with Gasteiger partial charge in [0, 0.05) is 4.90 Å². The van der Waals surface area contributed by atoms with Crippen molar-refractivity contribution in [3.8, 4) is 0 Å². The number of hydrogen-bond donors (Lipinski definition) is 1. The minimum Gasteiger partial charge on any atom is -0.317 e. The lowest BCUT2D eigenvalue weighted by molar-refractivity contribution is -0.167. The number of rotatable bonds is 2. The molecule has 0 spiro atoms. The quantitative estimate of drug-likeness (QED) is 0.798. The molecule has 1 aromatic rings. The summed E-state index contributed by atoms with van der Waals surface area (Å²) in [5, 5.41) is 1.82. The largest absolute Gasteiger partial charge is 0.471 e. The summed E-state index contributed by atoms with van der Waals surface area (Å²) in [7, 11) is 0. The van der Waals surface area contributed by atoms with Crippen molar-refractivity contribution in [1.82, 2.24) is 0 Å². The first-order valence-electron chi connectivity index (χ1n) is 3.96. The number of carbonyl (C=O) groups excluding carboxylic acids is 1. The second kappa shape index (κ2) is 4.57. The molecule has 15 heavy (non-hydrogen) atoms. The highest BCUT2D eigenvalue weighted by Gasteiger charge is 2.38. The Morgan fingerprint density at radius 1 is 1.33 bits per heavy atom. The van der Waals surface area contributed by atoms with Crippen LogP contribution in [-0.4, -0.2) is 18.3 Å². The van der Waals surface area contributed by atoms with Crippen LogP contribution in [0.25, 0.3) is 0 Å². The van der Waals surface area contributed by atoms with Crippen molar-refractivity contribution >= 4 is 23.4 Å². The molecule has 0 unspecified atom stereocenters. The van der Waals surface area contributed by atoms with E-state index in [1.54, 1.807) is 24.5 Å². The highest BCUT2D eigenvalue weighted by atomic mass is 32.2. The van der Waals surface area contributed by atoms with Gasteiger partial charge in [-0.15, -0.1) is 11.8 Å². The molecule has 0 aliphatic carbocycles. The summed E-state index contributed by atoms with van der Waals surface area (Å²) in [5.41, 5.74) is 0.173. The van der Waals surface area contributed by atoms with E-state index in [4.69, 9.17) is 0 Å². The van der Waals surface area contributed by atoms with Crippen LogP contribution in [0.4, 0.5) is 18.9 Å². The normalized spacial score (nSPS) is 11.2. The lowest BCUT2D eigenvalue weighted by atomic mass is 10.3. The monoisotopic (exact) mass is 235 g/mol. The molecular weight excluding hydrogens is 227 g/mol. The average Bonchev–Trinajstić information content (AvgIpc) is 2.17. The number of anilines is 1. The zero-order valence-electron chi connectivity index (χ0n) is 7.76. The number of thioether (sulfide) groups is 1. The van der Waals surface area contributed by atoms with Gasteiger partial charge >= 0.3 is 12.1 Å². The zero-order chi connectivity index (χ0) is 11.5. The Balaban J connectivity index is 2.85. The summed E-state index contributed by atoms with van der Waals surface area (Å²) in [6, 6.07) is 6.31. The van der Waals surface area contributed by atoms with Gasteiger partial charge in [0.05, 0.1) is 5.69 Å². The Kier molecular flexibility index (Phi) is 3.62. The molecule has 0 atom stereocenters. The van der Waals surface area contributed by atoms with Crippen LogP contribution in [0.5, 0.6) is 0 Å². The maximum Gasteiger partial charge on any atom is 0.471 e. The fourth-order valence-corrected chi connectivity index (χ4v) is 1.49. The molecule has 0 saturated carbocycles. The van der Waals surface area contributed by atoms with Gasteiger partial charge in [-0.25, -0.2) is 0 Å². The van der Waals surface area contributed by atoms with Gasteiger partial charge in [-0.3, -0.25) is 4.79 Å². The molecule has 1 rings (SSSR count). The minimum absolute atomic E-state index is 0.173. The van der Waals surface area contributed by atoms with E-state index >= 15 is 0 Å². The number of alkyl halides is 3. The summed E-state index contributed by atoms with van der Waals surface area (Å²) in [4.78, 5) is 11.2. The SMILES string of the molecule is CSc1ccccc1NC(=O)C(F)(F)F. The summed E-state index contributed by atoms with van der Waals surface area (Å²) >= 11 is 1.27. The maximum atomic E-state index is 12.0. The van der Waals surface area contributed by atoms with Crippen molar-refractivity contribution in [2.45, 2.75) is 11.1 Å². The average molecular weight is 235 g/mol. The lowest BCUT2D eigenvalue weighted by Gasteiger charge is -2.10. The topological polar surface area (TPSA) is 29.1 Å². The van der Waals surface area contributed by atoms with Crippen molar-refractivity contribution in [2.75, 3.05) is 11.6 Å². The molecule has 0 aromatic heterocycles. The van der Waals surface area contributed by atoms with Gasteiger partial charge in [-0.2, -0.15) is 13.2 Å². The van der Waals surface area contributed by atoms with Crippen LogP contribution < -0.4 is 5.32 Å². The molecule has 0 heterocycles. The number of amides is 1. The van der Waals surface area contributed by atoms with Gasteiger partial charge < -0.3 is 5.32 Å². The van der Waals surface area contributed by atoms with Crippen molar-refractivity contribution in [3.05, 3.63) is 24.3 Å². The summed E-state index contributed by atoms with van der Waals surface area (Å²) < 4.78 is 35.9. The summed E-state index contributed by atoms with van der Waals surface area (Å²) in [5.74, 6) is -1.95. The van der Waals surface area contributed by atoms with Gasteiger partial charge in [0.1, 0.15) is 0 Å². The van der Waals surface area contributed by atoms with E-state index < -0.39 is 12.1 Å². The van der Waals surface area contributed by atoms with Crippen LogP contribution in [0.1, 0.15) is 0 Å². The third kappa shape index (κ3) is 3.16. The van der Waals surface area contributed by atoms with Gasteiger partial charge in [0.25, 0.3) is 0 Å². The summed E-state index contributed by atoms with van der Waals surface area (Å²) in [6.45, 7) is 0. The standard InChI is InChI=1S/C9H8F3NOS/c1-15-7-5-3-2-4-6(7)13-8(14)9(10,11)12/h2-5H,1H3,(H,13,14). The Morgan fingerprint density at radius 2 is 1.93 bits per heavy atom. The third-order valence-electron chi connectivity index (χ3n) is 1.61. The molecular formula is C9H8F3NOS. The van der Waals surface area contributed by atoms with E-state index in [2.05, 4.69) is 0 Å². The Labute approximate surface area is 88.9 Å². The number of para-hydroxylation sites is 1. The molecule has 0 aliphatic heterocycles. The number of carbonyl (C=O) groups is 1. The molecule has 0 saturated heterocycles. The van der Waals surface area contributed by atoms with E-state index in [9.17, 15) is 18.0 Å². The number of halogens is 3. The predicted molar refractivity (Wildman–Crippen MR) is 52.9 cm³/mol. The fraction of sp³-hybridized carbons (Fsp3) is 0.222. The van der Waals surface area contributed by atoms with Crippen LogP contribution >= 0.6 is 11.8 Å². The highest BCUT2D eigenvalue weighted by molar-refractivity contribution is 7.98. The maximum absolute atomic E-state index is 12.0. The molecule has 0 aliphatic rings. The third-order valence-corrected chi connectivity index (χ3v) is 2.41. The zero-order valence-corrected chi connectivity index (χ0v) is 8.58. The van der Waals surface area contributed by atoms with Crippen LogP contribution in [0.2, 0.25) is 0 Å². The molecule has 1 amide bonds. The highest BCUT2D eigenvalue weighted by Crippen LogP contribution is 2.26. The van der Waals surface area contributed by atoms with Crippen LogP contribution in [0.15, 0.2) is 29.2 Å². The molecule has 6 heteroatoms. The molecule has 0 fully saturated rings. The van der Waals surface area contributed by atoms with Crippen LogP contribution in [0, 0.1) is 0 Å². The first-order chi connectivity index (χ1) is 6.95. The minimum atomic E-state index is -4.86. The second-order valence-electron chi connectivity index (χ2n) is 2.65. The van der Waals surface area contributed by atoms with E-state index in [1.807, 2.05) is 5.32 Å². The first kappa shape index (κ1) is 11.9. The first-order valence-corrected chi connectivity index (χ1v) is 5.19. The fourth-order valence-electron chi connectivity index (χ4n) is 0.941. The van der Waals surface area contributed by atoms with E-state index in [0.29, 0.717) is 4.90 Å². The van der Waals surface area contributed by atoms with Gasteiger partial charge in [0.15, 0.2) is 0 Å². The molecule has 82 valence electrons. The van der Waals surface area contributed by atoms with Crippen molar-refractivity contribution in [1.29, 1.82) is 0 Å². The van der Waals surface area contributed by atoms with E-state index in [-0.39, 0.29) is 5.69 Å². The van der Waals surface area contributed by atoms with E-state index in [1.165, 1.54) is 17.8 Å². The lowest BCUT2D eigenvalue weighted by Crippen LogP contribution is -2.30. The molecule has 1 aromatic carbocycles. The number of benzene rings is 1. The molecule has 2 nitrogen and oxygen atoms in total. The van der Waals surface area contributed by atoms with Gasteiger partial charge in [0.2, 0.25) is 0 Å². The Morgan fingerprint density at radius 3 is 2.47 bits per heavy atom. The number of nitrogens with one attached hydrogen (secondary N) is 1. The second-order valence-corrected chi connectivity index (χ2v) is 3.50. The number of hydrogen-bond acceptors (Lipinski definition) is 2. The summed E-state index contributed by atoms with van der Waals surface area (Å²) in [6.07, 6.45) is -3.13. The van der Waals surface area contributed by atoms with Gasteiger partial charge in [-0.1, -0.05) is 12.1 Å². The van der Waals surface area contributed by atoms with Crippen molar-refractivity contribution in [3.63, 3.8) is 0 Å². The predicted octanol–water partition coefficient (Wildman–Crippen LogP) is 2.91. The Bertz CT molecular complexity index is 365. The molecule has 0 radical (unpaired) electrons. The van der Waals surface area contributed by atoms with Crippen LogP contribution in [0.3, 0.4) is 0 Å².